The van der Waals surface area contributed by atoms with Gasteiger partial charge in [0.05, 0.1) is 35.8 Å². The largest absolute Gasteiger partial charge is 0.495 e. The second-order valence-electron chi connectivity index (χ2n) is 9.08. The topological polar surface area (TPSA) is 131 Å². The third-order valence-electron chi connectivity index (χ3n) is 6.46. The molecule has 0 bridgehead atoms. The van der Waals surface area contributed by atoms with E-state index in [2.05, 4.69) is 10.2 Å². The Kier molecular flexibility index (Phi) is 9.13. The lowest BCUT2D eigenvalue weighted by atomic mass is 10.2. The van der Waals surface area contributed by atoms with Crippen molar-refractivity contribution in [1.29, 1.82) is 0 Å². The number of amides is 1. The number of rotatable bonds is 10. The summed E-state index contributed by atoms with van der Waals surface area (Å²) in [5, 5.41) is 14.4. The van der Waals surface area contributed by atoms with Crippen molar-refractivity contribution in [3.8, 4) is 5.75 Å². The van der Waals surface area contributed by atoms with Crippen molar-refractivity contribution in [2.75, 3.05) is 49.2 Å². The highest BCUT2D eigenvalue weighted by molar-refractivity contribution is 7.92. The number of nitrogens with one attached hydrogen (secondary N) is 1. The average molecular weight is 589 g/mol. The van der Waals surface area contributed by atoms with Crippen LogP contribution in [0.25, 0.3) is 0 Å². The standard InChI is InChI=1S/C27H29ClN4O7S/c1-19-3-9-23(16-24(19)32(34)35)40(36,37)31(25-15-21(28)6-10-26(25)38-2)18-27(33)29-17-20-4-7-22(8-5-20)30-11-13-39-14-12-30/h3-10,15-16H,11-14,17-18H2,1-2H3,(H,29,33). The van der Waals surface area contributed by atoms with Crippen molar-refractivity contribution in [2.45, 2.75) is 18.4 Å². The maximum atomic E-state index is 13.8. The number of sulfonamides is 1. The molecular formula is C27H29ClN4O7S. The fourth-order valence-electron chi connectivity index (χ4n) is 4.26. The van der Waals surface area contributed by atoms with Gasteiger partial charge in [-0.15, -0.1) is 0 Å². The van der Waals surface area contributed by atoms with E-state index in [1.807, 2.05) is 24.3 Å². The summed E-state index contributed by atoms with van der Waals surface area (Å²) in [6.07, 6.45) is 0. The predicted octanol–water partition coefficient (Wildman–Crippen LogP) is 3.91. The van der Waals surface area contributed by atoms with Crippen LogP contribution in [0.2, 0.25) is 5.02 Å². The van der Waals surface area contributed by atoms with Gasteiger partial charge in [-0.1, -0.05) is 29.8 Å². The molecule has 0 unspecified atom stereocenters. The minimum absolute atomic E-state index is 0.0169. The fraction of sp³-hybridized carbons (Fsp3) is 0.296. The van der Waals surface area contributed by atoms with Gasteiger partial charge in [0.25, 0.3) is 15.7 Å². The number of halogens is 1. The van der Waals surface area contributed by atoms with Crippen molar-refractivity contribution < 1.29 is 27.6 Å². The number of methoxy groups -OCH3 is 1. The summed E-state index contributed by atoms with van der Waals surface area (Å²) in [5.41, 5.74) is 1.84. The summed E-state index contributed by atoms with van der Waals surface area (Å²) in [7, 11) is -3.10. The van der Waals surface area contributed by atoms with Gasteiger partial charge in [0.15, 0.2) is 0 Å². The van der Waals surface area contributed by atoms with Crippen LogP contribution in [-0.4, -0.2) is 59.2 Å². The van der Waals surface area contributed by atoms with E-state index in [-0.39, 0.29) is 33.6 Å². The monoisotopic (exact) mass is 588 g/mol. The first kappa shape index (κ1) is 29.1. The maximum absolute atomic E-state index is 13.8. The van der Waals surface area contributed by atoms with E-state index in [9.17, 15) is 23.3 Å². The van der Waals surface area contributed by atoms with E-state index in [4.69, 9.17) is 21.1 Å². The number of morpholine rings is 1. The number of nitro groups is 1. The van der Waals surface area contributed by atoms with Gasteiger partial charge in [-0.2, -0.15) is 0 Å². The number of benzene rings is 3. The van der Waals surface area contributed by atoms with E-state index in [1.165, 1.54) is 44.4 Å². The number of ether oxygens (including phenoxy) is 2. The van der Waals surface area contributed by atoms with Crippen molar-refractivity contribution in [3.05, 3.63) is 86.9 Å². The Labute approximate surface area is 237 Å². The van der Waals surface area contributed by atoms with Crippen LogP contribution in [0.5, 0.6) is 5.75 Å². The Hall–Kier alpha value is -3.87. The third kappa shape index (κ3) is 6.64. The highest BCUT2D eigenvalue weighted by Gasteiger charge is 2.31. The normalized spacial score (nSPS) is 13.5. The van der Waals surface area contributed by atoms with Gasteiger partial charge in [-0.25, -0.2) is 8.42 Å². The Morgan fingerprint density at radius 3 is 2.48 bits per heavy atom. The summed E-state index contributed by atoms with van der Waals surface area (Å²) in [6.45, 7) is 4.00. The Morgan fingerprint density at radius 1 is 1.12 bits per heavy atom. The van der Waals surface area contributed by atoms with Gasteiger partial charge >= 0.3 is 0 Å². The van der Waals surface area contributed by atoms with Crippen LogP contribution in [0.1, 0.15) is 11.1 Å². The number of hydrogen-bond acceptors (Lipinski definition) is 8. The first-order valence-electron chi connectivity index (χ1n) is 12.4. The van der Waals surface area contributed by atoms with E-state index in [1.54, 1.807) is 0 Å². The fourth-order valence-corrected chi connectivity index (χ4v) is 5.87. The molecule has 1 saturated heterocycles. The van der Waals surface area contributed by atoms with E-state index in [0.29, 0.717) is 18.8 Å². The number of carbonyl (C=O) groups is 1. The SMILES string of the molecule is COc1ccc(Cl)cc1N(CC(=O)NCc1ccc(N2CCOCC2)cc1)S(=O)(=O)c1ccc(C)c([N+](=O)[O-])c1. The molecule has 40 heavy (non-hydrogen) atoms. The number of nitro benzene ring substituents is 1. The second kappa shape index (κ2) is 12.5. The summed E-state index contributed by atoms with van der Waals surface area (Å²) >= 11 is 6.17. The number of carbonyl (C=O) groups excluding carboxylic acids is 1. The Morgan fingerprint density at radius 2 is 1.82 bits per heavy atom. The van der Waals surface area contributed by atoms with Gasteiger partial charge in [-0.05, 0) is 48.9 Å². The minimum atomic E-state index is -4.46. The molecular weight excluding hydrogens is 560 g/mol. The van der Waals surface area contributed by atoms with Gasteiger partial charge in [0, 0.05) is 42.0 Å². The van der Waals surface area contributed by atoms with Gasteiger partial charge in [0.2, 0.25) is 5.91 Å². The minimum Gasteiger partial charge on any atom is -0.495 e. The molecule has 0 saturated carbocycles. The Balaban J connectivity index is 1.58. The molecule has 1 amide bonds. The van der Waals surface area contributed by atoms with Gasteiger partial charge in [-0.3, -0.25) is 19.2 Å². The maximum Gasteiger partial charge on any atom is 0.273 e. The molecule has 0 spiro atoms. The molecule has 0 atom stereocenters. The summed E-state index contributed by atoms with van der Waals surface area (Å²) < 4.78 is 39.2. The first-order chi connectivity index (χ1) is 19.1. The van der Waals surface area contributed by atoms with E-state index in [0.717, 1.165) is 34.7 Å². The van der Waals surface area contributed by atoms with Crippen LogP contribution in [0.4, 0.5) is 17.1 Å². The predicted molar refractivity (Wildman–Crippen MR) is 152 cm³/mol. The van der Waals surface area contributed by atoms with Crippen molar-refractivity contribution in [1.82, 2.24) is 5.32 Å². The molecule has 0 aliphatic carbocycles. The third-order valence-corrected chi connectivity index (χ3v) is 8.46. The van der Waals surface area contributed by atoms with E-state index >= 15 is 0 Å². The quantitative estimate of drug-likeness (QED) is 0.278. The van der Waals surface area contributed by atoms with Crippen LogP contribution in [0.3, 0.4) is 0 Å². The Bertz CT molecular complexity index is 1490. The zero-order valence-electron chi connectivity index (χ0n) is 22.0. The molecule has 1 fully saturated rings. The van der Waals surface area contributed by atoms with Crippen LogP contribution in [0, 0.1) is 17.0 Å². The van der Waals surface area contributed by atoms with Crippen LogP contribution >= 0.6 is 11.6 Å². The highest BCUT2D eigenvalue weighted by Crippen LogP contribution is 2.35. The zero-order chi connectivity index (χ0) is 28.9. The molecule has 212 valence electrons. The van der Waals surface area contributed by atoms with Crippen LogP contribution < -0.4 is 19.3 Å². The lowest BCUT2D eigenvalue weighted by molar-refractivity contribution is -0.385. The molecule has 1 aliphatic rings. The summed E-state index contributed by atoms with van der Waals surface area (Å²) in [6, 6.07) is 15.7. The van der Waals surface area contributed by atoms with Crippen LogP contribution in [0.15, 0.2) is 65.6 Å². The molecule has 0 aromatic heterocycles. The lowest BCUT2D eigenvalue weighted by Crippen LogP contribution is -2.41. The van der Waals surface area contributed by atoms with Gasteiger partial charge in [0.1, 0.15) is 12.3 Å². The molecule has 1 heterocycles. The molecule has 4 rings (SSSR count). The smallest absolute Gasteiger partial charge is 0.273 e. The molecule has 3 aromatic carbocycles. The number of aryl methyl sites for hydroxylation is 1. The highest BCUT2D eigenvalue weighted by atomic mass is 35.5. The summed E-state index contributed by atoms with van der Waals surface area (Å²) in [5.74, 6) is -0.439. The lowest BCUT2D eigenvalue weighted by Gasteiger charge is -2.29. The number of hydrogen-bond donors (Lipinski definition) is 1. The van der Waals surface area contributed by atoms with Gasteiger partial charge < -0.3 is 19.7 Å². The molecule has 1 N–H and O–H groups in total. The molecule has 0 radical (unpaired) electrons. The summed E-state index contributed by atoms with van der Waals surface area (Å²) in [4.78, 5) is 25.8. The first-order valence-corrected chi connectivity index (χ1v) is 14.2. The molecule has 11 nitrogen and oxygen atoms in total. The van der Waals surface area contributed by atoms with Crippen molar-refractivity contribution in [2.24, 2.45) is 0 Å². The average Bonchev–Trinajstić information content (AvgIpc) is 2.95. The molecule has 1 aliphatic heterocycles. The van der Waals surface area contributed by atoms with Crippen molar-refractivity contribution >= 4 is 44.6 Å². The van der Waals surface area contributed by atoms with E-state index < -0.39 is 27.4 Å². The molecule has 13 heteroatoms. The second-order valence-corrected chi connectivity index (χ2v) is 11.4. The van der Waals surface area contributed by atoms with Crippen molar-refractivity contribution in [3.63, 3.8) is 0 Å². The van der Waals surface area contributed by atoms with Crippen LogP contribution in [-0.2, 0) is 26.1 Å². The number of anilines is 2. The molecule has 3 aromatic rings. The zero-order valence-corrected chi connectivity index (χ0v) is 23.6. The number of nitrogens with zero attached hydrogens (tertiary/aromatic N) is 3.